The first kappa shape index (κ1) is 98.1. The average Bonchev–Trinajstić information content (AvgIpc) is 0.922. The lowest BCUT2D eigenvalue weighted by molar-refractivity contribution is -0.161. The number of carbonyl (C=O) groups is 4. The van der Waals surface area contributed by atoms with Crippen molar-refractivity contribution in [1.29, 1.82) is 0 Å². The fraction of sp³-hybridized carbons (Fsp3) is 0.951. The summed E-state index contributed by atoms with van der Waals surface area (Å²) in [7, 11) is -9.91. The van der Waals surface area contributed by atoms with Gasteiger partial charge < -0.3 is 33.8 Å². The Balaban J connectivity index is 5.11. The van der Waals surface area contributed by atoms with Gasteiger partial charge in [-0.25, -0.2) is 9.13 Å². The summed E-state index contributed by atoms with van der Waals surface area (Å²) in [6.07, 6.45) is 65.8. The van der Waals surface area contributed by atoms with E-state index in [-0.39, 0.29) is 25.7 Å². The minimum atomic E-state index is -4.96. The van der Waals surface area contributed by atoms with Gasteiger partial charge in [-0.3, -0.25) is 37.3 Å². The highest BCUT2D eigenvalue weighted by Gasteiger charge is 2.30. The van der Waals surface area contributed by atoms with E-state index in [1.54, 1.807) is 0 Å². The first-order valence-corrected chi connectivity index (χ1v) is 45.1. The third kappa shape index (κ3) is 74.3. The van der Waals surface area contributed by atoms with E-state index in [9.17, 15) is 43.2 Å². The van der Waals surface area contributed by atoms with Crippen LogP contribution in [0.4, 0.5) is 0 Å². The molecule has 0 aromatic rings. The number of phosphoric acid groups is 2. The van der Waals surface area contributed by atoms with Gasteiger partial charge in [0.25, 0.3) is 0 Å². The number of ether oxygens (including phenoxy) is 4. The van der Waals surface area contributed by atoms with E-state index in [4.69, 9.17) is 37.0 Å². The van der Waals surface area contributed by atoms with Crippen LogP contribution in [0, 0.1) is 5.92 Å². The number of aliphatic hydroxyl groups excluding tert-OH is 1. The molecule has 0 radical (unpaired) electrons. The van der Waals surface area contributed by atoms with Gasteiger partial charge in [0.15, 0.2) is 12.2 Å². The van der Waals surface area contributed by atoms with Crippen molar-refractivity contribution in [3.63, 3.8) is 0 Å². The molecule has 5 atom stereocenters. The van der Waals surface area contributed by atoms with Crippen molar-refractivity contribution < 1.29 is 80.2 Å². The first-order chi connectivity index (χ1) is 48.5. The maximum absolute atomic E-state index is 13.1. The van der Waals surface area contributed by atoms with Crippen LogP contribution in [0.15, 0.2) is 0 Å². The minimum absolute atomic E-state index is 0.107. The fourth-order valence-corrected chi connectivity index (χ4v) is 14.2. The van der Waals surface area contributed by atoms with Gasteiger partial charge >= 0.3 is 39.5 Å². The van der Waals surface area contributed by atoms with Gasteiger partial charge in [-0.1, -0.05) is 381 Å². The minimum Gasteiger partial charge on any atom is -0.462 e. The number of hydrogen-bond donors (Lipinski definition) is 3. The van der Waals surface area contributed by atoms with Gasteiger partial charge in [-0.15, -0.1) is 0 Å². The van der Waals surface area contributed by atoms with Crippen molar-refractivity contribution in [3.8, 4) is 0 Å². The van der Waals surface area contributed by atoms with Crippen LogP contribution < -0.4 is 0 Å². The SMILES string of the molecule is CCCCCCCCCCCCCCCCCCCCCCCCC(=O)O[C@H](COC(=O)CCCCCCCCCCCCCCCCCCC(C)C)COP(=O)(O)OC[C@@H](O)COP(=O)(O)OC[C@@H](COC(=O)CCCCCCC)OC(=O)CCCCCCCCCCCCCCCC. The second-order valence-corrected chi connectivity index (χ2v) is 32.5. The molecular formula is C81H158O17P2. The Kier molecular flexibility index (Phi) is 72.5. The van der Waals surface area contributed by atoms with Gasteiger partial charge in [0.05, 0.1) is 26.4 Å². The molecule has 594 valence electrons. The Hall–Kier alpha value is -1.94. The van der Waals surface area contributed by atoms with Crippen molar-refractivity contribution in [1.82, 2.24) is 0 Å². The van der Waals surface area contributed by atoms with E-state index >= 15 is 0 Å². The molecule has 0 amide bonds. The van der Waals surface area contributed by atoms with E-state index < -0.39 is 97.5 Å². The van der Waals surface area contributed by atoms with E-state index in [1.807, 2.05) is 0 Å². The summed E-state index contributed by atoms with van der Waals surface area (Å²) in [5.74, 6) is -1.31. The third-order valence-electron chi connectivity index (χ3n) is 19.0. The molecule has 0 aliphatic heterocycles. The molecule has 17 nitrogen and oxygen atoms in total. The zero-order chi connectivity index (χ0) is 73.4. The molecule has 0 aromatic carbocycles. The topological polar surface area (TPSA) is 237 Å². The number of carbonyl (C=O) groups excluding carboxylic acids is 4. The van der Waals surface area contributed by atoms with Crippen LogP contribution in [0.2, 0.25) is 0 Å². The lowest BCUT2D eigenvalue weighted by Crippen LogP contribution is -2.30. The maximum Gasteiger partial charge on any atom is 0.472 e. The van der Waals surface area contributed by atoms with Gasteiger partial charge in [-0.2, -0.15) is 0 Å². The van der Waals surface area contributed by atoms with Crippen LogP contribution in [0.5, 0.6) is 0 Å². The smallest absolute Gasteiger partial charge is 0.462 e. The number of esters is 4. The first-order valence-electron chi connectivity index (χ1n) is 42.1. The average molecular weight is 1470 g/mol. The van der Waals surface area contributed by atoms with Crippen LogP contribution in [0.25, 0.3) is 0 Å². The van der Waals surface area contributed by atoms with Crippen LogP contribution in [-0.2, 0) is 65.4 Å². The summed E-state index contributed by atoms with van der Waals surface area (Å²) in [6, 6.07) is 0. The normalized spacial score (nSPS) is 13.8. The number of unbranched alkanes of at least 4 members (excludes halogenated alkanes) is 53. The van der Waals surface area contributed by atoms with Gasteiger partial charge in [0.1, 0.15) is 19.3 Å². The molecular weight excluding hydrogens is 1310 g/mol. The summed E-state index contributed by atoms with van der Waals surface area (Å²) in [6.45, 7) is 7.27. The lowest BCUT2D eigenvalue weighted by Gasteiger charge is -2.21. The Morgan fingerprint density at radius 2 is 0.460 bits per heavy atom. The van der Waals surface area contributed by atoms with E-state index in [0.29, 0.717) is 25.7 Å². The molecule has 100 heavy (non-hydrogen) atoms. The molecule has 0 aromatic heterocycles. The lowest BCUT2D eigenvalue weighted by atomic mass is 10.0. The second kappa shape index (κ2) is 73.9. The summed E-state index contributed by atoms with van der Waals surface area (Å²) in [4.78, 5) is 72.7. The largest absolute Gasteiger partial charge is 0.472 e. The van der Waals surface area contributed by atoms with Gasteiger partial charge in [0, 0.05) is 25.7 Å². The predicted molar refractivity (Wildman–Crippen MR) is 409 cm³/mol. The zero-order valence-electron chi connectivity index (χ0n) is 65.3. The second-order valence-electron chi connectivity index (χ2n) is 29.6. The Morgan fingerprint density at radius 1 is 0.270 bits per heavy atom. The van der Waals surface area contributed by atoms with Crippen molar-refractivity contribution in [3.05, 3.63) is 0 Å². The van der Waals surface area contributed by atoms with Crippen molar-refractivity contribution in [2.24, 2.45) is 5.92 Å². The van der Waals surface area contributed by atoms with Gasteiger partial charge in [-0.05, 0) is 31.6 Å². The van der Waals surface area contributed by atoms with Crippen LogP contribution in [0.1, 0.15) is 433 Å². The molecule has 0 saturated heterocycles. The molecule has 0 aliphatic rings. The molecule has 0 heterocycles. The monoisotopic (exact) mass is 1470 g/mol. The van der Waals surface area contributed by atoms with Crippen LogP contribution >= 0.6 is 15.6 Å². The zero-order valence-corrected chi connectivity index (χ0v) is 67.1. The Morgan fingerprint density at radius 3 is 0.680 bits per heavy atom. The maximum atomic E-state index is 13.1. The fourth-order valence-electron chi connectivity index (χ4n) is 12.6. The van der Waals surface area contributed by atoms with Crippen LogP contribution in [0.3, 0.4) is 0 Å². The van der Waals surface area contributed by atoms with E-state index in [0.717, 1.165) is 102 Å². The standard InChI is InChI=1S/C81H158O17P2/c1-6-9-12-15-17-19-21-23-25-26-27-28-29-30-31-36-40-44-48-52-57-62-67-81(86)98-77(71-92-79(84)65-60-55-50-46-42-39-35-33-32-34-37-41-45-49-54-58-63-74(4)5)73-96-100(89,90)94-69-75(82)68-93-99(87,88)95-72-76(70-91-78(83)64-59-53-14-11-8-3)97-80(85)66-61-56-51-47-43-38-24-22-20-18-16-13-10-7-2/h74-77,82H,6-73H2,1-5H3,(H,87,88)(H,89,90)/t75-,76+,77+/m0/s1. The number of aliphatic hydroxyl groups is 1. The Labute approximate surface area is 613 Å². The highest BCUT2D eigenvalue weighted by molar-refractivity contribution is 7.47. The van der Waals surface area contributed by atoms with Gasteiger partial charge in [0.2, 0.25) is 0 Å². The molecule has 0 fully saturated rings. The molecule has 3 N–H and O–H groups in total. The summed E-state index contributed by atoms with van der Waals surface area (Å²) in [5.41, 5.74) is 0. The number of phosphoric ester groups is 2. The number of rotatable bonds is 81. The molecule has 0 bridgehead atoms. The molecule has 2 unspecified atom stereocenters. The predicted octanol–water partition coefficient (Wildman–Crippen LogP) is 24.4. The van der Waals surface area contributed by atoms with Crippen LogP contribution in [-0.4, -0.2) is 96.7 Å². The summed E-state index contributed by atoms with van der Waals surface area (Å²) < 4.78 is 68.5. The Bertz CT molecular complexity index is 1910. The van der Waals surface area contributed by atoms with E-state index in [1.165, 1.54) is 250 Å². The summed E-state index contributed by atoms with van der Waals surface area (Å²) in [5, 5.41) is 10.6. The summed E-state index contributed by atoms with van der Waals surface area (Å²) >= 11 is 0. The molecule has 0 spiro atoms. The highest BCUT2D eigenvalue weighted by atomic mass is 31.2. The third-order valence-corrected chi connectivity index (χ3v) is 20.9. The van der Waals surface area contributed by atoms with E-state index in [2.05, 4.69) is 34.6 Å². The van der Waals surface area contributed by atoms with Crippen molar-refractivity contribution >= 4 is 39.5 Å². The van der Waals surface area contributed by atoms with Crippen molar-refractivity contribution in [2.45, 2.75) is 451 Å². The van der Waals surface area contributed by atoms with Crippen molar-refractivity contribution in [2.75, 3.05) is 39.6 Å². The highest BCUT2D eigenvalue weighted by Crippen LogP contribution is 2.45. The molecule has 0 aliphatic carbocycles. The number of hydrogen-bond acceptors (Lipinski definition) is 15. The quantitative estimate of drug-likeness (QED) is 0.0222. The molecule has 0 saturated carbocycles. The molecule has 19 heteroatoms. The molecule has 0 rings (SSSR count).